The van der Waals surface area contributed by atoms with Crippen LogP contribution in [0.1, 0.15) is 31.2 Å². The van der Waals surface area contributed by atoms with Crippen molar-refractivity contribution in [1.29, 1.82) is 0 Å². The first-order valence-corrected chi connectivity index (χ1v) is 7.45. The Labute approximate surface area is 128 Å². The molecule has 1 amide bonds. The zero-order chi connectivity index (χ0) is 15.4. The van der Waals surface area contributed by atoms with Crippen LogP contribution in [0.25, 0.3) is 0 Å². The molecule has 0 bridgehead atoms. The van der Waals surface area contributed by atoms with Crippen LogP contribution < -0.4 is 16.4 Å². The van der Waals surface area contributed by atoms with Crippen molar-refractivity contribution in [3.63, 3.8) is 0 Å². The van der Waals surface area contributed by atoms with E-state index in [4.69, 9.17) is 11.5 Å². The van der Waals surface area contributed by atoms with Crippen molar-refractivity contribution >= 4 is 28.3 Å². The van der Waals surface area contributed by atoms with E-state index in [1.165, 1.54) is 11.5 Å². The lowest BCUT2D eigenvalue weighted by atomic mass is 10.1. The number of hydrogen-bond acceptors (Lipinski definition) is 6. The van der Waals surface area contributed by atoms with Gasteiger partial charge in [-0.25, -0.2) is 4.98 Å². The number of rotatable bonds is 6. The Morgan fingerprint density at radius 2 is 2.10 bits per heavy atom. The summed E-state index contributed by atoms with van der Waals surface area (Å²) >= 11 is 1.27. The van der Waals surface area contributed by atoms with Crippen LogP contribution in [0.15, 0.2) is 24.3 Å². The largest absolute Gasteiger partial charge is 0.398 e. The molecule has 1 aromatic heterocycles. The fraction of sp³-hybridized carbons (Fsp3) is 0.357. The number of aromatic nitrogens is 2. The molecule has 0 fully saturated rings. The highest BCUT2D eigenvalue weighted by atomic mass is 32.1. The molecule has 112 valence electrons. The maximum atomic E-state index is 11.3. The maximum absolute atomic E-state index is 11.3. The van der Waals surface area contributed by atoms with Crippen molar-refractivity contribution in [2.24, 2.45) is 5.73 Å². The molecule has 21 heavy (non-hydrogen) atoms. The van der Waals surface area contributed by atoms with Crippen LogP contribution in [-0.2, 0) is 11.3 Å². The summed E-state index contributed by atoms with van der Waals surface area (Å²) in [6, 6.07) is 7.54. The molecule has 0 radical (unpaired) electrons. The summed E-state index contributed by atoms with van der Waals surface area (Å²) in [5.41, 5.74) is 12.9. The van der Waals surface area contributed by atoms with E-state index in [1.54, 1.807) is 4.90 Å². The molecule has 0 aliphatic rings. The van der Waals surface area contributed by atoms with Gasteiger partial charge in [-0.1, -0.05) is 32.0 Å². The molecule has 2 rings (SSSR count). The highest BCUT2D eigenvalue weighted by Gasteiger charge is 2.17. The zero-order valence-corrected chi connectivity index (χ0v) is 12.9. The van der Waals surface area contributed by atoms with E-state index in [0.29, 0.717) is 17.4 Å². The Bertz CT molecular complexity index is 625. The number of carbonyl (C=O) groups excluding carboxylic acids is 1. The average Bonchev–Trinajstić information content (AvgIpc) is 2.90. The average molecular weight is 305 g/mol. The number of nitrogens with zero attached hydrogens (tertiary/aromatic N) is 3. The number of benzene rings is 1. The number of hydrogen-bond donors (Lipinski definition) is 2. The number of nitrogens with two attached hydrogens (primary N) is 2. The standard InChI is InChI=1S/C14H19N5OS/c1-9(2)13-17-14(21-18-13)19(8-12(16)20)7-10-5-3-4-6-11(10)15/h3-6,9H,7-8,15H2,1-2H3,(H2,16,20). The second-order valence-corrected chi connectivity index (χ2v) is 5.84. The third-order valence-corrected chi connectivity index (χ3v) is 3.77. The quantitative estimate of drug-likeness (QED) is 0.792. The molecule has 0 spiro atoms. The number of primary amides is 1. The van der Waals surface area contributed by atoms with Crippen LogP contribution >= 0.6 is 11.5 Å². The van der Waals surface area contributed by atoms with Gasteiger partial charge in [-0.05, 0) is 11.6 Å². The van der Waals surface area contributed by atoms with Gasteiger partial charge in [0.2, 0.25) is 11.0 Å². The summed E-state index contributed by atoms with van der Waals surface area (Å²) in [4.78, 5) is 17.6. The summed E-state index contributed by atoms with van der Waals surface area (Å²) in [7, 11) is 0. The first-order chi connectivity index (χ1) is 9.97. The van der Waals surface area contributed by atoms with Gasteiger partial charge < -0.3 is 16.4 Å². The maximum Gasteiger partial charge on any atom is 0.237 e. The van der Waals surface area contributed by atoms with Gasteiger partial charge in [0, 0.05) is 29.7 Å². The summed E-state index contributed by atoms with van der Waals surface area (Å²) < 4.78 is 4.31. The van der Waals surface area contributed by atoms with E-state index < -0.39 is 5.91 Å². The van der Waals surface area contributed by atoms with E-state index in [2.05, 4.69) is 9.36 Å². The highest BCUT2D eigenvalue weighted by Crippen LogP contribution is 2.24. The lowest BCUT2D eigenvalue weighted by molar-refractivity contribution is -0.116. The number of anilines is 2. The third kappa shape index (κ3) is 3.91. The molecule has 1 aromatic carbocycles. The topological polar surface area (TPSA) is 98.1 Å². The van der Waals surface area contributed by atoms with Gasteiger partial charge in [0.1, 0.15) is 5.82 Å². The summed E-state index contributed by atoms with van der Waals surface area (Å²) in [6.07, 6.45) is 0. The number of carbonyl (C=O) groups is 1. The molecule has 0 aliphatic carbocycles. The molecular weight excluding hydrogens is 286 g/mol. The second kappa shape index (κ2) is 6.53. The molecule has 4 N–H and O–H groups in total. The van der Waals surface area contributed by atoms with E-state index in [9.17, 15) is 4.79 Å². The van der Waals surface area contributed by atoms with Gasteiger partial charge in [-0.2, -0.15) is 4.37 Å². The van der Waals surface area contributed by atoms with Crippen molar-refractivity contribution < 1.29 is 4.79 Å². The van der Waals surface area contributed by atoms with E-state index in [0.717, 1.165) is 11.4 Å². The van der Waals surface area contributed by atoms with Gasteiger partial charge in [-0.15, -0.1) is 0 Å². The van der Waals surface area contributed by atoms with Crippen LogP contribution in [0.5, 0.6) is 0 Å². The SMILES string of the molecule is CC(C)c1nsc(N(CC(N)=O)Cc2ccccc2N)n1. The predicted octanol–water partition coefficient (Wildman–Crippen LogP) is 1.74. The Morgan fingerprint density at radius 3 is 2.67 bits per heavy atom. The minimum atomic E-state index is -0.411. The van der Waals surface area contributed by atoms with Gasteiger partial charge >= 0.3 is 0 Å². The molecule has 0 saturated heterocycles. The Balaban J connectivity index is 2.25. The molecule has 7 heteroatoms. The minimum Gasteiger partial charge on any atom is -0.398 e. The molecule has 0 atom stereocenters. The normalized spacial score (nSPS) is 10.8. The van der Waals surface area contributed by atoms with E-state index in [1.807, 2.05) is 38.1 Å². The Hall–Kier alpha value is -2.15. The van der Waals surface area contributed by atoms with Gasteiger partial charge in [0.05, 0.1) is 6.54 Å². The Morgan fingerprint density at radius 1 is 1.38 bits per heavy atom. The number of nitrogen functional groups attached to an aromatic ring is 1. The smallest absolute Gasteiger partial charge is 0.237 e. The zero-order valence-electron chi connectivity index (χ0n) is 12.1. The molecule has 6 nitrogen and oxygen atoms in total. The number of para-hydroxylation sites is 1. The molecule has 2 aromatic rings. The molecule has 0 aliphatic heterocycles. The predicted molar refractivity (Wildman–Crippen MR) is 85.1 cm³/mol. The van der Waals surface area contributed by atoms with E-state index >= 15 is 0 Å². The van der Waals surface area contributed by atoms with Crippen molar-refractivity contribution in [3.05, 3.63) is 35.7 Å². The van der Waals surface area contributed by atoms with Crippen molar-refractivity contribution in [3.8, 4) is 0 Å². The van der Waals surface area contributed by atoms with Gasteiger partial charge in [0.25, 0.3) is 0 Å². The fourth-order valence-corrected chi connectivity index (χ4v) is 2.66. The Kier molecular flexibility index (Phi) is 4.74. The summed E-state index contributed by atoms with van der Waals surface area (Å²) in [6.45, 7) is 4.61. The van der Waals surface area contributed by atoms with Crippen LogP contribution in [0.4, 0.5) is 10.8 Å². The van der Waals surface area contributed by atoms with Gasteiger partial charge in [0.15, 0.2) is 0 Å². The summed E-state index contributed by atoms with van der Waals surface area (Å²) in [5.74, 6) is 0.600. The first-order valence-electron chi connectivity index (χ1n) is 6.67. The van der Waals surface area contributed by atoms with Crippen molar-refractivity contribution in [2.45, 2.75) is 26.3 Å². The van der Waals surface area contributed by atoms with Crippen LogP contribution in [-0.4, -0.2) is 21.8 Å². The molecule has 0 saturated carbocycles. The summed E-state index contributed by atoms with van der Waals surface area (Å²) in [5, 5.41) is 0.681. The van der Waals surface area contributed by atoms with Gasteiger partial charge in [-0.3, -0.25) is 4.79 Å². The monoisotopic (exact) mass is 305 g/mol. The fourth-order valence-electron chi connectivity index (χ4n) is 1.85. The molecular formula is C14H19N5OS. The first kappa shape index (κ1) is 15.2. The lowest BCUT2D eigenvalue weighted by Crippen LogP contribution is -2.33. The van der Waals surface area contributed by atoms with Crippen LogP contribution in [0, 0.1) is 0 Å². The second-order valence-electron chi connectivity index (χ2n) is 5.11. The number of amides is 1. The van der Waals surface area contributed by atoms with Crippen molar-refractivity contribution in [1.82, 2.24) is 9.36 Å². The lowest BCUT2D eigenvalue weighted by Gasteiger charge is -2.20. The third-order valence-electron chi connectivity index (χ3n) is 2.98. The molecule has 0 unspecified atom stereocenters. The minimum absolute atomic E-state index is 0.0844. The van der Waals surface area contributed by atoms with Crippen molar-refractivity contribution in [2.75, 3.05) is 17.2 Å². The van der Waals surface area contributed by atoms with Crippen LogP contribution in [0.2, 0.25) is 0 Å². The highest BCUT2D eigenvalue weighted by molar-refractivity contribution is 7.09. The van der Waals surface area contributed by atoms with E-state index in [-0.39, 0.29) is 12.5 Å². The molecule has 1 heterocycles. The van der Waals surface area contributed by atoms with Crippen LogP contribution in [0.3, 0.4) is 0 Å².